The highest BCUT2D eigenvalue weighted by molar-refractivity contribution is 9.10. The number of halogens is 1. The van der Waals surface area contributed by atoms with E-state index in [4.69, 9.17) is 0 Å². The summed E-state index contributed by atoms with van der Waals surface area (Å²) in [6.45, 7) is 5.99. The van der Waals surface area contributed by atoms with Gasteiger partial charge in [0.15, 0.2) is 4.34 Å². The Kier molecular flexibility index (Phi) is 7.05. The summed E-state index contributed by atoms with van der Waals surface area (Å²) in [5.41, 5.74) is 4.61. The Bertz CT molecular complexity index is 1050. The van der Waals surface area contributed by atoms with E-state index in [-0.39, 0.29) is 17.6 Å². The summed E-state index contributed by atoms with van der Waals surface area (Å²) in [5, 5.41) is 14.1. The molecule has 0 unspecified atom stereocenters. The summed E-state index contributed by atoms with van der Waals surface area (Å²) in [5.74, 6) is -0.164. The van der Waals surface area contributed by atoms with E-state index in [1.807, 2.05) is 39.0 Å². The normalized spacial score (nSPS) is 10.6. The van der Waals surface area contributed by atoms with E-state index in [1.165, 1.54) is 28.7 Å². The van der Waals surface area contributed by atoms with Gasteiger partial charge in [0.1, 0.15) is 0 Å². The molecule has 9 heteroatoms. The van der Waals surface area contributed by atoms with Gasteiger partial charge in [-0.15, -0.1) is 10.2 Å². The standard InChI is InChI=1S/C20H19BrN4O2S2/c1-11-7-12(2)17(13(3)8-11)22-16(26)10-28-20-25-24-19(29-20)23-18(27)14-5-4-6-15(21)9-14/h4-9H,10H2,1-3H3,(H,22,26)(H,23,24,27). The van der Waals surface area contributed by atoms with Crippen LogP contribution in [0.4, 0.5) is 10.8 Å². The number of carbonyl (C=O) groups is 2. The van der Waals surface area contributed by atoms with Gasteiger partial charge in [0.05, 0.1) is 5.75 Å². The van der Waals surface area contributed by atoms with E-state index in [1.54, 1.807) is 18.2 Å². The maximum Gasteiger partial charge on any atom is 0.257 e. The summed E-state index contributed by atoms with van der Waals surface area (Å²) in [4.78, 5) is 24.6. The molecule has 3 rings (SSSR count). The fourth-order valence-corrected chi connectivity index (χ4v) is 4.74. The predicted octanol–water partition coefficient (Wildman–Crippen LogP) is 5.21. The number of hydrogen-bond donors (Lipinski definition) is 2. The third-order valence-electron chi connectivity index (χ3n) is 3.98. The highest BCUT2D eigenvalue weighted by atomic mass is 79.9. The van der Waals surface area contributed by atoms with Crippen molar-refractivity contribution in [3.63, 3.8) is 0 Å². The average molecular weight is 491 g/mol. The summed E-state index contributed by atoms with van der Waals surface area (Å²) in [6, 6.07) is 11.2. The molecule has 0 atom stereocenters. The number of carbonyl (C=O) groups excluding carboxylic acids is 2. The Morgan fingerprint density at radius 3 is 2.48 bits per heavy atom. The SMILES string of the molecule is Cc1cc(C)c(NC(=O)CSc2nnc(NC(=O)c3cccc(Br)c3)s2)c(C)c1. The molecule has 0 spiro atoms. The van der Waals surface area contributed by atoms with Crippen LogP contribution in [0.5, 0.6) is 0 Å². The largest absolute Gasteiger partial charge is 0.325 e. The molecular formula is C20H19BrN4O2S2. The van der Waals surface area contributed by atoms with Crippen LogP contribution in [0.1, 0.15) is 27.0 Å². The van der Waals surface area contributed by atoms with Crippen molar-refractivity contribution in [1.29, 1.82) is 0 Å². The highest BCUT2D eigenvalue weighted by Crippen LogP contribution is 2.27. The van der Waals surface area contributed by atoms with Crippen molar-refractivity contribution in [1.82, 2.24) is 10.2 Å². The molecule has 0 aliphatic rings. The fourth-order valence-electron chi connectivity index (χ4n) is 2.80. The molecule has 0 bridgehead atoms. The summed E-state index contributed by atoms with van der Waals surface area (Å²) < 4.78 is 1.44. The molecule has 0 saturated heterocycles. The van der Waals surface area contributed by atoms with Crippen molar-refractivity contribution in [2.45, 2.75) is 25.1 Å². The average Bonchev–Trinajstić information content (AvgIpc) is 3.10. The van der Waals surface area contributed by atoms with Crippen LogP contribution in [0.2, 0.25) is 0 Å². The third-order valence-corrected chi connectivity index (χ3v) is 6.45. The quantitative estimate of drug-likeness (QED) is 0.366. The number of nitrogens with zero attached hydrogens (tertiary/aromatic N) is 2. The lowest BCUT2D eigenvalue weighted by Crippen LogP contribution is -2.15. The molecule has 150 valence electrons. The number of hydrogen-bond acceptors (Lipinski definition) is 6. The van der Waals surface area contributed by atoms with Gasteiger partial charge in [0.25, 0.3) is 5.91 Å². The molecule has 29 heavy (non-hydrogen) atoms. The van der Waals surface area contributed by atoms with E-state index >= 15 is 0 Å². The molecule has 1 aromatic heterocycles. The minimum atomic E-state index is -0.262. The predicted molar refractivity (Wildman–Crippen MR) is 122 cm³/mol. The zero-order valence-corrected chi connectivity index (χ0v) is 19.3. The lowest BCUT2D eigenvalue weighted by atomic mass is 10.1. The molecule has 6 nitrogen and oxygen atoms in total. The molecule has 1 heterocycles. The van der Waals surface area contributed by atoms with Crippen LogP contribution in [0.25, 0.3) is 0 Å². The van der Waals surface area contributed by atoms with Crippen molar-refractivity contribution >= 4 is 61.7 Å². The Hall–Kier alpha value is -2.23. The van der Waals surface area contributed by atoms with Crippen molar-refractivity contribution < 1.29 is 9.59 Å². The molecule has 2 aromatic carbocycles. The number of rotatable bonds is 6. The molecule has 0 saturated carbocycles. The van der Waals surface area contributed by atoms with Crippen LogP contribution in [-0.2, 0) is 4.79 Å². The molecule has 0 radical (unpaired) electrons. The number of aryl methyl sites for hydroxylation is 3. The summed E-state index contributed by atoms with van der Waals surface area (Å²) in [7, 11) is 0. The smallest absolute Gasteiger partial charge is 0.257 e. The van der Waals surface area contributed by atoms with Crippen molar-refractivity contribution in [3.05, 3.63) is 63.1 Å². The number of thioether (sulfide) groups is 1. The Morgan fingerprint density at radius 1 is 1.07 bits per heavy atom. The zero-order chi connectivity index (χ0) is 21.0. The van der Waals surface area contributed by atoms with Gasteiger partial charge >= 0.3 is 0 Å². The first kappa shape index (κ1) is 21.5. The lowest BCUT2D eigenvalue weighted by Gasteiger charge is -2.12. The molecule has 0 fully saturated rings. The number of amides is 2. The van der Waals surface area contributed by atoms with Crippen LogP contribution in [0.3, 0.4) is 0 Å². The minimum absolute atomic E-state index is 0.111. The van der Waals surface area contributed by atoms with E-state index < -0.39 is 0 Å². The van der Waals surface area contributed by atoms with Crippen LogP contribution in [-0.4, -0.2) is 27.8 Å². The number of nitrogens with one attached hydrogen (secondary N) is 2. The zero-order valence-electron chi connectivity index (χ0n) is 16.1. The van der Waals surface area contributed by atoms with Crippen molar-refractivity contribution in [2.24, 2.45) is 0 Å². The van der Waals surface area contributed by atoms with E-state index in [9.17, 15) is 9.59 Å². The van der Waals surface area contributed by atoms with E-state index in [0.29, 0.717) is 15.0 Å². The first-order valence-electron chi connectivity index (χ1n) is 8.73. The van der Waals surface area contributed by atoms with Gasteiger partial charge in [-0.1, -0.05) is 62.8 Å². The molecule has 2 N–H and O–H groups in total. The second-order valence-corrected chi connectivity index (χ2v) is 9.56. The van der Waals surface area contributed by atoms with Gasteiger partial charge in [0.2, 0.25) is 11.0 Å². The van der Waals surface area contributed by atoms with Gasteiger partial charge in [-0.2, -0.15) is 0 Å². The van der Waals surface area contributed by atoms with Crippen LogP contribution in [0.15, 0.2) is 45.2 Å². The number of anilines is 2. The van der Waals surface area contributed by atoms with Gasteiger partial charge < -0.3 is 5.32 Å². The lowest BCUT2D eigenvalue weighted by molar-refractivity contribution is -0.113. The van der Waals surface area contributed by atoms with E-state index in [0.717, 1.165) is 21.3 Å². The Balaban J connectivity index is 1.55. The molecular weight excluding hydrogens is 472 g/mol. The maximum absolute atomic E-state index is 12.3. The molecule has 2 amide bonds. The van der Waals surface area contributed by atoms with Gasteiger partial charge in [0, 0.05) is 15.7 Å². The second kappa shape index (κ2) is 9.51. The first-order valence-corrected chi connectivity index (χ1v) is 11.3. The first-order chi connectivity index (χ1) is 13.8. The maximum atomic E-state index is 12.3. The Labute approximate surface area is 185 Å². The summed E-state index contributed by atoms with van der Waals surface area (Å²) in [6.07, 6.45) is 0. The van der Waals surface area contributed by atoms with Crippen LogP contribution < -0.4 is 10.6 Å². The van der Waals surface area contributed by atoms with Crippen molar-refractivity contribution in [3.8, 4) is 0 Å². The van der Waals surface area contributed by atoms with Gasteiger partial charge in [-0.25, -0.2) is 0 Å². The van der Waals surface area contributed by atoms with Crippen LogP contribution >= 0.6 is 39.0 Å². The molecule has 3 aromatic rings. The summed E-state index contributed by atoms with van der Waals surface area (Å²) >= 11 is 5.86. The minimum Gasteiger partial charge on any atom is -0.325 e. The van der Waals surface area contributed by atoms with Crippen molar-refractivity contribution in [2.75, 3.05) is 16.4 Å². The van der Waals surface area contributed by atoms with Crippen LogP contribution in [0, 0.1) is 20.8 Å². The number of benzene rings is 2. The van der Waals surface area contributed by atoms with E-state index in [2.05, 4.69) is 36.8 Å². The molecule has 0 aliphatic carbocycles. The second-order valence-electron chi connectivity index (χ2n) is 6.45. The fraction of sp³-hybridized carbons (Fsp3) is 0.200. The Morgan fingerprint density at radius 2 is 1.79 bits per heavy atom. The highest BCUT2D eigenvalue weighted by Gasteiger charge is 2.13. The third kappa shape index (κ3) is 5.88. The van der Waals surface area contributed by atoms with Gasteiger partial charge in [-0.3, -0.25) is 14.9 Å². The number of aromatic nitrogens is 2. The molecule has 0 aliphatic heterocycles. The van der Waals surface area contributed by atoms with Gasteiger partial charge in [-0.05, 0) is 50.1 Å². The monoisotopic (exact) mass is 490 g/mol. The topological polar surface area (TPSA) is 84.0 Å².